The summed E-state index contributed by atoms with van der Waals surface area (Å²) in [5, 5.41) is 18.8. The van der Waals surface area contributed by atoms with Crippen LogP contribution in [0.5, 0.6) is 0 Å². The van der Waals surface area contributed by atoms with Gasteiger partial charge in [-0.15, -0.1) is 0 Å². The van der Waals surface area contributed by atoms with Gasteiger partial charge in [0.2, 0.25) is 0 Å². The average molecular weight is 302 g/mol. The van der Waals surface area contributed by atoms with Crippen molar-refractivity contribution in [2.75, 3.05) is 20.7 Å². The van der Waals surface area contributed by atoms with E-state index >= 15 is 0 Å². The second-order valence-corrected chi connectivity index (χ2v) is 4.36. The Balaban J connectivity index is 0.000000433. The van der Waals surface area contributed by atoms with E-state index in [4.69, 9.17) is 14.9 Å². The highest BCUT2D eigenvalue weighted by Crippen LogP contribution is 2.24. The third kappa shape index (κ3) is 7.31. The molecule has 0 bridgehead atoms. The van der Waals surface area contributed by atoms with Gasteiger partial charge < -0.3 is 25.2 Å². The van der Waals surface area contributed by atoms with E-state index in [-0.39, 0.29) is 6.09 Å². The second kappa shape index (κ2) is 9.76. The average Bonchev–Trinajstić information content (AvgIpc) is 2.36. The molecular weight excluding hydrogens is 280 g/mol. The van der Waals surface area contributed by atoms with Gasteiger partial charge in [-0.25, -0.2) is 14.4 Å². The largest absolute Gasteiger partial charge is 0.478 e. The molecular formula is C13H22N2O6. The van der Waals surface area contributed by atoms with Crippen molar-refractivity contribution in [3.05, 3.63) is 12.2 Å². The molecule has 0 aromatic carbocycles. The number of rotatable bonds is 5. The highest BCUT2D eigenvalue weighted by molar-refractivity contribution is 5.89. The van der Waals surface area contributed by atoms with E-state index in [9.17, 15) is 14.4 Å². The number of nitrogens with zero attached hydrogens (tertiary/aromatic N) is 1. The van der Waals surface area contributed by atoms with Crippen LogP contribution in [0.2, 0.25) is 0 Å². The number of hydrogen-bond donors (Lipinski definition) is 3. The summed E-state index contributed by atoms with van der Waals surface area (Å²) in [5.41, 5.74) is 0. The first kappa shape index (κ1) is 18.9. The minimum absolute atomic E-state index is 0.215. The molecule has 0 radical (unpaired) electrons. The molecule has 1 aliphatic rings. The fourth-order valence-electron chi connectivity index (χ4n) is 1.79. The van der Waals surface area contributed by atoms with Crippen molar-refractivity contribution in [3.8, 4) is 0 Å². The summed E-state index contributed by atoms with van der Waals surface area (Å²) in [7, 11) is 3.72. The fraction of sp³-hybridized carbons (Fsp3) is 0.615. The third-order valence-electron chi connectivity index (χ3n) is 3.03. The van der Waals surface area contributed by atoms with E-state index < -0.39 is 11.9 Å². The summed E-state index contributed by atoms with van der Waals surface area (Å²) < 4.78 is 4.91. The zero-order chi connectivity index (χ0) is 16.4. The molecule has 0 saturated heterocycles. The van der Waals surface area contributed by atoms with Crippen molar-refractivity contribution in [3.63, 3.8) is 0 Å². The molecule has 8 heteroatoms. The lowest BCUT2D eigenvalue weighted by molar-refractivity contribution is -0.134. The zero-order valence-corrected chi connectivity index (χ0v) is 12.4. The van der Waals surface area contributed by atoms with E-state index in [1.807, 2.05) is 14.0 Å². The molecule has 0 aromatic heterocycles. The van der Waals surface area contributed by atoms with Gasteiger partial charge in [0.1, 0.15) is 0 Å². The van der Waals surface area contributed by atoms with Gasteiger partial charge in [-0.3, -0.25) is 0 Å². The lowest BCUT2D eigenvalue weighted by atomic mass is 9.85. The van der Waals surface area contributed by atoms with Crippen LogP contribution in [-0.2, 0) is 14.3 Å². The van der Waals surface area contributed by atoms with Gasteiger partial charge in [-0.2, -0.15) is 0 Å². The van der Waals surface area contributed by atoms with Crippen LogP contribution in [0.3, 0.4) is 0 Å². The van der Waals surface area contributed by atoms with Crippen LogP contribution in [0.25, 0.3) is 0 Å². The molecule has 1 rings (SSSR count). The van der Waals surface area contributed by atoms with Crippen molar-refractivity contribution in [1.82, 2.24) is 10.2 Å². The van der Waals surface area contributed by atoms with Gasteiger partial charge in [0.15, 0.2) is 0 Å². The number of aliphatic carboxylic acids is 2. The van der Waals surface area contributed by atoms with E-state index in [2.05, 4.69) is 5.32 Å². The summed E-state index contributed by atoms with van der Waals surface area (Å²) >= 11 is 0. The Morgan fingerprint density at radius 1 is 1.24 bits per heavy atom. The van der Waals surface area contributed by atoms with Crippen molar-refractivity contribution in [2.24, 2.45) is 0 Å². The maximum Gasteiger partial charge on any atom is 0.409 e. The Labute approximate surface area is 123 Å². The molecule has 0 unspecified atom stereocenters. The molecule has 0 spiro atoms. The molecule has 1 amide bonds. The summed E-state index contributed by atoms with van der Waals surface area (Å²) in [6.07, 6.45) is 3.11. The zero-order valence-electron chi connectivity index (χ0n) is 12.4. The maximum absolute atomic E-state index is 11.3. The van der Waals surface area contributed by atoms with Crippen LogP contribution in [0.4, 0.5) is 4.79 Å². The fourth-order valence-corrected chi connectivity index (χ4v) is 1.79. The Hall–Kier alpha value is -2.09. The molecule has 0 heterocycles. The molecule has 1 fully saturated rings. The predicted octanol–water partition coefficient (Wildman–Crippen LogP) is 0.537. The molecule has 8 nitrogen and oxygen atoms in total. The van der Waals surface area contributed by atoms with Crippen LogP contribution >= 0.6 is 0 Å². The van der Waals surface area contributed by atoms with Gasteiger partial charge in [-0.1, -0.05) is 0 Å². The van der Waals surface area contributed by atoms with E-state index in [1.54, 1.807) is 11.9 Å². The summed E-state index contributed by atoms with van der Waals surface area (Å²) in [6, 6.07) is 0.749. The number of nitrogens with one attached hydrogen (secondary N) is 1. The smallest absolute Gasteiger partial charge is 0.409 e. The molecule has 2 atom stereocenters. The molecule has 21 heavy (non-hydrogen) atoms. The predicted molar refractivity (Wildman–Crippen MR) is 75.1 cm³/mol. The number of carbonyl (C=O) groups is 3. The van der Waals surface area contributed by atoms with Crippen molar-refractivity contribution < 1.29 is 29.3 Å². The number of carboxylic acids is 2. The standard InChI is InChI=1S/C9H18N2O2.C4H4O4/c1-4-13-9(12)11(3)8-6-5-7(8)10-2;5-3(6)1-2-4(7)8/h7-8,10H,4-6H2,1-3H3;1-2H,(H,5,6)(H,7,8)/b;2-1-/t7-,8-;/m0./s1. The normalized spacial score (nSPS) is 20.0. The first-order valence-electron chi connectivity index (χ1n) is 6.54. The SMILES string of the molecule is CCOC(=O)N(C)[C@H]1CC[C@@H]1NC.O=C(O)/C=C\C(=O)O. The molecule has 1 aliphatic carbocycles. The number of likely N-dealkylation sites (N-methyl/N-ethyl adjacent to an activating group) is 2. The Morgan fingerprint density at radius 3 is 2.05 bits per heavy atom. The monoisotopic (exact) mass is 302 g/mol. The molecule has 3 N–H and O–H groups in total. The second-order valence-electron chi connectivity index (χ2n) is 4.36. The minimum atomic E-state index is -1.26. The van der Waals surface area contributed by atoms with Crippen LogP contribution in [0, 0.1) is 0 Å². The highest BCUT2D eigenvalue weighted by Gasteiger charge is 2.35. The van der Waals surface area contributed by atoms with Crippen molar-refractivity contribution >= 4 is 18.0 Å². The van der Waals surface area contributed by atoms with E-state index in [1.165, 1.54) is 0 Å². The van der Waals surface area contributed by atoms with E-state index in [0.29, 0.717) is 30.8 Å². The van der Waals surface area contributed by atoms with E-state index in [0.717, 1.165) is 12.8 Å². The number of amides is 1. The molecule has 0 aromatic rings. The van der Waals surface area contributed by atoms with Gasteiger partial charge in [0.25, 0.3) is 0 Å². The quantitative estimate of drug-likeness (QED) is 0.634. The van der Waals surface area contributed by atoms with Crippen LogP contribution in [-0.4, -0.2) is 65.9 Å². The molecule has 1 saturated carbocycles. The first-order valence-corrected chi connectivity index (χ1v) is 6.54. The maximum atomic E-state index is 11.3. The van der Waals surface area contributed by atoms with Crippen molar-refractivity contribution in [2.45, 2.75) is 31.8 Å². The third-order valence-corrected chi connectivity index (χ3v) is 3.03. The van der Waals surface area contributed by atoms with Crippen LogP contribution in [0.15, 0.2) is 12.2 Å². The molecule has 120 valence electrons. The van der Waals surface area contributed by atoms with Gasteiger partial charge in [0, 0.05) is 25.2 Å². The summed E-state index contributed by atoms with van der Waals surface area (Å²) in [6.45, 7) is 2.27. The Bertz CT molecular complexity index is 378. The van der Waals surface area contributed by atoms with Gasteiger partial charge in [-0.05, 0) is 26.8 Å². The lowest BCUT2D eigenvalue weighted by Crippen LogP contribution is -2.56. The topological polar surface area (TPSA) is 116 Å². The van der Waals surface area contributed by atoms with Crippen LogP contribution < -0.4 is 5.32 Å². The number of carbonyl (C=O) groups excluding carboxylic acids is 1. The number of hydrogen-bond acceptors (Lipinski definition) is 5. The van der Waals surface area contributed by atoms with Crippen LogP contribution in [0.1, 0.15) is 19.8 Å². The number of carboxylic acid groups (broad SMARTS) is 2. The van der Waals surface area contributed by atoms with Gasteiger partial charge >= 0.3 is 18.0 Å². The lowest BCUT2D eigenvalue weighted by Gasteiger charge is -2.41. The van der Waals surface area contributed by atoms with Gasteiger partial charge in [0.05, 0.1) is 12.6 Å². The Kier molecular flexibility index (Phi) is 8.79. The summed E-state index contributed by atoms with van der Waals surface area (Å²) in [4.78, 5) is 32.1. The highest BCUT2D eigenvalue weighted by atomic mass is 16.6. The molecule has 0 aliphatic heterocycles. The summed E-state index contributed by atoms with van der Waals surface area (Å²) in [5.74, 6) is -2.51. The van der Waals surface area contributed by atoms with Crippen molar-refractivity contribution in [1.29, 1.82) is 0 Å². The minimum Gasteiger partial charge on any atom is -0.478 e. The Morgan fingerprint density at radius 2 is 1.76 bits per heavy atom. The number of ether oxygens (including phenoxy) is 1. The first-order chi connectivity index (χ1) is 9.83.